The van der Waals surface area contributed by atoms with Crippen molar-refractivity contribution in [2.45, 2.75) is 84.5 Å². The maximum atomic E-state index is 13.1. The van der Waals surface area contributed by atoms with E-state index in [1.54, 1.807) is 0 Å². The maximum Gasteiger partial charge on any atom is 0.243 e. The third kappa shape index (κ3) is 12.2. The molecule has 5 amide bonds. The third-order valence-corrected chi connectivity index (χ3v) is 4.84. The first-order valence-corrected chi connectivity index (χ1v) is 11.5. The fraction of sp³-hybridized carbons (Fsp3) is 0.625. The Labute approximate surface area is 202 Å². The van der Waals surface area contributed by atoms with E-state index in [2.05, 4.69) is 34.4 Å². The molecule has 0 saturated carbocycles. The Morgan fingerprint density at radius 2 is 1.03 bits per heavy atom. The van der Waals surface area contributed by atoms with Gasteiger partial charge < -0.3 is 27.0 Å². The fourth-order valence-corrected chi connectivity index (χ4v) is 3.28. The van der Waals surface area contributed by atoms with Crippen molar-refractivity contribution < 1.29 is 24.0 Å². The quantitative estimate of drug-likeness (QED) is 0.206. The Balaban J connectivity index is 5.55. The highest BCUT2D eigenvalue weighted by atomic mass is 16.2. The Bertz CT molecular complexity index is 750. The van der Waals surface area contributed by atoms with Crippen molar-refractivity contribution in [1.29, 1.82) is 0 Å². The van der Waals surface area contributed by atoms with E-state index >= 15 is 0 Å². The number of nitrogens with two attached hydrogens (primary N) is 1. The zero-order valence-electron chi connectivity index (χ0n) is 21.0. The number of hydrogen-bond donors (Lipinski definition) is 5. The van der Waals surface area contributed by atoms with Crippen LogP contribution < -0.4 is 27.0 Å². The van der Waals surface area contributed by atoms with E-state index in [4.69, 9.17) is 5.73 Å². The van der Waals surface area contributed by atoms with Crippen molar-refractivity contribution in [3.8, 4) is 0 Å². The molecule has 4 atom stereocenters. The van der Waals surface area contributed by atoms with Crippen LogP contribution in [-0.2, 0) is 24.0 Å². The van der Waals surface area contributed by atoms with E-state index in [0.29, 0.717) is 12.8 Å². The second kappa shape index (κ2) is 15.6. The Kier molecular flexibility index (Phi) is 14.2. The number of carbonyl (C=O) groups is 5. The summed E-state index contributed by atoms with van der Waals surface area (Å²) in [6, 6.07) is -3.71. The minimum atomic E-state index is -1.01. The van der Waals surface area contributed by atoms with Crippen LogP contribution in [0.15, 0.2) is 25.3 Å². The molecular weight excluding hydrogens is 438 g/mol. The summed E-state index contributed by atoms with van der Waals surface area (Å²) in [6.07, 6.45) is 3.92. The molecule has 0 aromatic carbocycles. The molecule has 0 unspecified atom stereocenters. The van der Waals surface area contributed by atoms with Gasteiger partial charge in [-0.2, -0.15) is 0 Å². The number of hydrogen-bond acceptors (Lipinski definition) is 5. The highest BCUT2D eigenvalue weighted by molar-refractivity contribution is 5.95. The van der Waals surface area contributed by atoms with E-state index in [1.165, 1.54) is 19.1 Å². The van der Waals surface area contributed by atoms with Crippen molar-refractivity contribution in [1.82, 2.24) is 21.3 Å². The number of carbonyl (C=O) groups excluding carboxylic acids is 5. The standard InChI is InChI=1S/C24H41N5O5/c1-8-10-17(26-16(7)30)22(32)29-20(13-15(5)6)24(34)27-18(11-9-2)23(33)28-19(21(25)31)12-14(3)4/h8-9,14-15,17-20H,1-2,10-13H2,3-7H3,(H2,25,31)(H,26,30)(H,27,34)(H,28,33)(H,29,32)/t17-,18-,19-,20-/m0/s1. The first kappa shape index (κ1) is 30.8. The average Bonchev–Trinajstić information content (AvgIpc) is 2.70. The Morgan fingerprint density at radius 1 is 0.676 bits per heavy atom. The summed E-state index contributed by atoms with van der Waals surface area (Å²) in [5.41, 5.74) is 5.41. The van der Waals surface area contributed by atoms with E-state index in [-0.39, 0.29) is 30.6 Å². The lowest BCUT2D eigenvalue weighted by Crippen LogP contribution is -2.58. The minimum Gasteiger partial charge on any atom is -0.368 e. The van der Waals surface area contributed by atoms with Crippen molar-refractivity contribution in [3.05, 3.63) is 25.3 Å². The number of rotatable bonds is 16. The predicted octanol–water partition coefficient (Wildman–Crippen LogP) is 0.675. The van der Waals surface area contributed by atoms with Gasteiger partial charge in [0.2, 0.25) is 29.5 Å². The lowest BCUT2D eigenvalue weighted by molar-refractivity contribution is -0.134. The Hall–Kier alpha value is -3.17. The Morgan fingerprint density at radius 3 is 1.41 bits per heavy atom. The first-order valence-electron chi connectivity index (χ1n) is 11.5. The molecule has 6 N–H and O–H groups in total. The van der Waals surface area contributed by atoms with Gasteiger partial charge in [0.1, 0.15) is 24.2 Å². The molecule has 0 rings (SSSR count). The largest absolute Gasteiger partial charge is 0.368 e. The van der Waals surface area contributed by atoms with Crippen LogP contribution in [0, 0.1) is 11.8 Å². The molecule has 0 aliphatic rings. The van der Waals surface area contributed by atoms with Crippen molar-refractivity contribution >= 4 is 29.5 Å². The average molecular weight is 480 g/mol. The number of amides is 5. The molecule has 0 aliphatic heterocycles. The van der Waals surface area contributed by atoms with Gasteiger partial charge in [-0.15, -0.1) is 13.2 Å². The summed E-state index contributed by atoms with van der Waals surface area (Å²) < 4.78 is 0. The summed E-state index contributed by atoms with van der Waals surface area (Å²) in [7, 11) is 0. The summed E-state index contributed by atoms with van der Waals surface area (Å²) >= 11 is 0. The van der Waals surface area contributed by atoms with Gasteiger partial charge in [-0.05, 0) is 37.5 Å². The predicted molar refractivity (Wildman–Crippen MR) is 131 cm³/mol. The van der Waals surface area contributed by atoms with E-state index in [1.807, 2.05) is 27.7 Å². The molecule has 0 aromatic rings. The molecule has 0 aromatic heterocycles. The highest BCUT2D eigenvalue weighted by Gasteiger charge is 2.30. The summed E-state index contributed by atoms with van der Waals surface area (Å²) in [4.78, 5) is 61.8. The SMILES string of the molecule is C=CC[C@H](NC(C)=O)C(=O)N[C@@H](CC(C)C)C(=O)N[C@@H](CC=C)C(=O)N[C@@H](CC(C)C)C(N)=O. The van der Waals surface area contributed by atoms with E-state index in [9.17, 15) is 24.0 Å². The van der Waals surface area contributed by atoms with Crippen LogP contribution in [0.2, 0.25) is 0 Å². The zero-order valence-corrected chi connectivity index (χ0v) is 21.0. The van der Waals surface area contributed by atoms with Crippen molar-refractivity contribution in [3.63, 3.8) is 0 Å². The molecule has 0 aliphatic carbocycles. The smallest absolute Gasteiger partial charge is 0.243 e. The highest BCUT2D eigenvalue weighted by Crippen LogP contribution is 2.09. The maximum absolute atomic E-state index is 13.1. The van der Waals surface area contributed by atoms with E-state index in [0.717, 1.165) is 0 Å². The van der Waals surface area contributed by atoms with Crippen LogP contribution in [0.3, 0.4) is 0 Å². The van der Waals surface area contributed by atoms with Crippen LogP contribution in [0.25, 0.3) is 0 Å². The van der Waals surface area contributed by atoms with Gasteiger partial charge in [-0.1, -0.05) is 39.8 Å². The van der Waals surface area contributed by atoms with E-state index < -0.39 is 47.8 Å². The molecule has 10 heteroatoms. The lowest BCUT2D eigenvalue weighted by atomic mass is 10.0. The number of nitrogens with one attached hydrogen (secondary N) is 4. The molecule has 0 saturated heterocycles. The first-order chi connectivity index (χ1) is 15.8. The molecule has 0 spiro atoms. The third-order valence-electron chi connectivity index (χ3n) is 4.84. The molecule has 0 fully saturated rings. The second-order valence-electron chi connectivity index (χ2n) is 9.15. The van der Waals surface area contributed by atoms with Gasteiger partial charge in [-0.3, -0.25) is 24.0 Å². The molecule has 192 valence electrons. The van der Waals surface area contributed by atoms with Gasteiger partial charge in [0.25, 0.3) is 0 Å². The van der Waals surface area contributed by atoms with Gasteiger partial charge in [0.15, 0.2) is 0 Å². The fourth-order valence-electron chi connectivity index (χ4n) is 3.28. The van der Waals surface area contributed by atoms with Crippen LogP contribution in [0.5, 0.6) is 0 Å². The second-order valence-corrected chi connectivity index (χ2v) is 9.15. The van der Waals surface area contributed by atoms with Crippen LogP contribution in [0.1, 0.15) is 60.3 Å². The monoisotopic (exact) mass is 479 g/mol. The lowest BCUT2D eigenvalue weighted by Gasteiger charge is -2.26. The molecular formula is C24H41N5O5. The molecule has 34 heavy (non-hydrogen) atoms. The van der Waals surface area contributed by atoms with Crippen molar-refractivity contribution in [2.75, 3.05) is 0 Å². The minimum absolute atomic E-state index is 0.0478. The molecule has 0 heterocycles. The number of primary amides is 1. The van der Waals surface area contributed by atoms with Crippen LogP contribution in [0.4, 0.5) is 0 Å². The zero-order chi connectivity index (χ0) is 26.4. The normalized spacial score (nSPS) is 14.3. The summed E-state index contributed by atoms with van der Waals surface area (Å²) in [5, 5.41) is 10.4. The summed E-state index contributed by atoms with van der Waals surface area (Å²) in [6.45, 7) is 16.1. The topological polar surface area (TPSA) is 159 Å². The van der Waals surface area contributed by atoms with Gasteiger partial charge in [-0.25, -0.2) is 0 Å². The van der Waals surface area contributed by atoms with Crippen molar-refractivity contribution in [2.24, 2.45) is 17.6 Å². The van der Waals surface area contributed by atoms with Crippen LogP contribution >= 0.6 is 0 Å². The molecule has 0 radical (unpaired) electrons. The van der Waals surface area contributed by atoms with Gasteiger partial charge in [0.05, 0.1) is 0 Å². The summed E-state index contributed by atoms with van der Waals surface area (Å²) in [5.74, 6) is -2.57. The molecule has 10 nitrogen and oxygen atoms in total. The van der Waals surface area contributed by atoms with Gasteiger partial charge in [0, 0.05) is 6.92 Å². The van der Waals surface area contributed by atoms with Gasteiger partial charge >= 0.3 is 0 Å². The molecule has 0 bridgehead atoms. The van der Waals surface area contributed by atoms with Crippen LogP contribution in [-0.4, -0.2) is 53.7 Å².